The van der Waals surface area contributed by atoms with E-state index in [0.29, 0.717) is 24.0 Å². The number of aryl methyl sites for hydroxylation is 2. The second-order valence-electron chi connectivity index (χ2n) is 7.56. The number of urea groups is 1. The Morgan fingerprint density at radius 3 is 2.61 bits per heavy atom. The molecule has 28 heavy (non-hydrogen) atoms. The molecule has 150 valence electrons. The first-order chi connectivity index (χ1) is 13.5. The van der Waals surface area contributed by atoms with Crippen molar-refractivity contribution in [3.05, 3.63) is 41.7 Å². The Balaban J connectivity index is 1.66. The predicted octanol–water partition coefficient (Wildman–Crippen LogP) is 4.34. The Bertz CT molecular complexity index is 811. The van der Waals surface area contributed by atoms with Crippen LogP contribution in [0.3, 0.4) is 0 Å². The normalized spacial score (nSPS) is 14.5. The highest BCUT2D eigenvalue weighted by atomic mass is 16.5. The quantitative estimate of drug-likeness (QED) is 0.775. The molecule has 7 heteroatoms. The van der Waals surface area contributed by atoms with Crippen molar-refractivity contribution < 1.29 is 14.1 Å². The monoisotopic (exact) mass is 384 g/mol. The zero-order chi connectivity index (χ0) is 19.9. The third-order valence-corrected chi connectivity index (χ3v) is 4.99. The summed E-state index contributed by atoms with van der Waals surface area (Å²) in [7, 11) is 0. The number of carbonyl (C=O) groups excluding carboxylic acids is 2. The van der Waals surface area contributed by atoms with E-state index in [1.807, 2.05) is 31.2 Å². The maximum absolute atomic E-state index is 12.9. The average Bonchev–Trinajstić information content (AvgIpc) is 3.06. The Labute approximate surface area is 165 Å². The average molecular weight is 384 g/mol. The van der Waals surface area contributed by atoms with Crippen LogP contribution in [0.5, 0.6) is 0 Å². The van der Waals surface area contributed by atoms with Crippen molar-refractivity contribution in [2.24, 2.45) is 5.92 Å². The zero-order valence-corrected chi connectivity index (χ0v) is 16.5. The van der Waals surface area contributed by atoms with E-state index in [0.717, 1.165) is 24.1 Å². The van der Waals surface area contributed by atoms with E-state index in [-0.39, 0.29) is 18.5 Å². The number of nitrogens with zero attached hydrogens (tertiary/aromatic N) is 2. The van der Waals surface area contributed by atoms with Crippen LogP contribution < -0.4 is 10.6 Å². The van der Waals surface area contributed by atoms with E-state index in [1.54, 1.807) is 17.9 Å². The van der Waals surface area contributed by atoms with Gasteiger partial charge in [0.2, 0.25) is 5.91 Å². The predicted molar refractivity (Wildman–Crippen MR) is 108 cm³/mol. The van der Waals surface area contributed by atoms with Gasteiger partial charge in [0.15, 0.2) is 5.82 Å². The molecule has 0 radical (unpaired) electrons. The summed E-state index contributed by atoms with van der Waals surface area (Å²) in [6.07, 6.45) is 5.81. The van der Waals surface area contributed by atoms with Crippen LogP contribution in [0.15, 0.2) is 34.9 Å². The summed E-state index contributed by atoms with van der Waals surface area (Å²) in [5, 5.41) is 9.39. The van der Waals surface area contributed by atoms with Gasteiger partial charge in [0.1, 0.15) is 12.3 Å². The number of anilines is 2. The molecule has 7 nitrogen and oxygen atoms in total. The van der Waals surface area contributed by atoms with E-state index >= 15 is 0 Å². The number of amides is 3. The molecule has 1 aromatic carbocycles. The second kappa shape index (κ2) is 9.39. The van der Waals surface area contributed by atoms with Gasteiger partial charge >= 0.3 is 6.03 Å². The maximum atomic E-state index is 12.9. The van der Waals surface area contributed by atoms with E-state index in [2.05, 4.69) is 15.8 Å². The molecule has 1 aliphatic carbocycles. The van der Waals surface area contributed by atoms with E-state index in [1.165, 1.54) is 19.3 Å². The SMILES string of the molecule is Cc1cccc(NC(=O)N(CC(=O)Nc2cc(C)on2)CC2CCCCC2)c1. The summed E-state index contributed by atoms with van der Waals surface area (Å²) in [5.41, 5.74) is 1.79. The van der Waals surface area contributed by atoms with Crippen LogP contribution in [-0.2, 0) is 4.79 Å². The lowest BCUT2D eigenvalue weighted by Gasteiger charge is -2.29. The lowest BCUT2D eigenvalue weighted by molar-refractivity contribution is -0.116. The molecule has 1 fully saturated rings. The molecule has 0 aliphatic heterocycles. The van der Waals surface area contributed by atoms with Crippen molar-refractivity contribution in [2.45, 2.75) is 46.0 Å². The Morgan fingerprint density at radius 2 is 1.93 bits per heavy atom. The fourth-order valence-corrected chi connectivity index (χ4v) is 3.61. The third-order valence-electron chi connectivity index (χ3n) is 4.99. The molecule has 2 N–H and O–H groups in total. The van der Waals surface area contributed by atoms with Crippen LogP contribution in [-0.4, -0.2) is 35.1 Å². The van der Waals surface area contributed by atoms with Crippen molar-refractivity contribution in [2.75, 3.05) is 23.7 Å². The molecule has 1 aromatic heterocycles. The van der Waals surface area contributed by atoms with Crippen LogP contribution in [0.1, 0.15) is 43.4 Å². The van der Waals surface area contributed by atoms with E-state index in [4.69, 9.17) is 4.52 Å². The summed E-state index contributed by atoms with van der Waals surface area (Å²) in [6.45, 7) is 4.28. The first-order valence-corrected chi connectivity index (χ1v) is 9.85. The van der Waals surface area contributed by atoms with Crippen molar-refractivity contribution in [1.29, 1.82) is 0 Å². The molecule has 1 aliphatic rings. The van der Waals surface area contributed by atoms with Gasteiger partial charge in [0.25, 0.3) is 0 Å². The molecule has 0 unspecified atom stereocenters. The highest BCUT2D eigenvalue weighted by Gasteiger charge is 2.23. The molecule has 2 aromatic rings. The van der Waals surface area contributed by atoms with Crippen LogP contribution in [0.4, 0.5) is 16.3 Å². The Morgan fingerprint density at radius 1 is 1.14 bits per heavy atom. The summed E-state index contributed by atoms with van der Waals surface area (Å²) in [4.78, 5) is 27.0. The Hall–Kier alpha value is -2.83. The lowest BCUT2D eigenvalue weighted by atomic mass is 9.89. The Kier molecular flexibility index (Phi) is 6.68. The van der Waals surface area contributed by atoms with Gasteiger partial charge in [-0.3, -0.25) is 4.79 Å². The molecule has 1 heterocycles. The van der Waals surface area contributed by atoms with Gasteiger partial charge in [0.05, 0.1) is 0 Å². The minimum atomic E-state index is -0.288. The van der Waals surface area contributed by atoms with Gasteiger partial charge in [-0.15, -0.1) is 0 Å². The summed E-state index contributed by atoms with van der Waals surface area (Å²) < 4.78 is 4.97. The second-order valence-corrected chi connectivity index (χ2v) is 7.56. The minimum absolute atomic E-state index is 0.0277. The van der Waals surface area contributed by atoms with Gasteiger partial charge < -0.3 is 20.1 Å². The van der Waals surface area contributed by atoms with Gasteiger partial charge in [-0.1, -0.05) is 36.6 Å². The fourth-order valence-electron chi connectivity index (χ4n) is 3.61. The molecule has 1 saturated carbocycles. The highest BCUT2D eigenvalue weighted by Crippen LogP contribution is 2.25. The summed E-state index contributed by atoms with van der Waals surface area (Å²) in [6, 6.07) is 9.02. The molecule has 3 rings (SSSR count). The number of nitrogens with one attached hydrogen (secondary N) is 2. The molecule has 0 bridgehead atoms. The minimum Gasteiger partial charge on any atom is -0.360 e. The van der Waals surface area contributed by atoms with E-state index in [9.17, 15) is 9.59 Å². The molecule has 0 spiro atoms. The third kappa shape index (κ3) is 5.84. The topological polar surface area (TPSA) is 87.5 Å². The first-order valence-electron chi connectivity index (χ1n) is 9.85. The molecular formula is C21H28N4O3. The summed E-state index contributed by atoms with van der Waals surface area (Å²) in [5.74, 6) is 1.12. The number of benzene rings is 1. The molecular weight excluding hydrogens is 356 g/mol. The largest absolute Gasteiger partial charge is 0.360 e. The van der Waals surface area contributed by atoms with Crippen LogP contribution in [0.2, 0.25) is 0 Å². The van der Waals surface area contributed by atoms with Crippen LogP contribution in [0, 0.1) is 19.8 Å². The number of carbonyl (C=O) groups is 2. The lowest BCUT2D eigenvalue weighted by Crippen LogP contribution is -2.43. The first kappa shape index (κ1) is 19.9. The summed E-state index contributed by atoms with van der Waals surface area (Å²) >= 11 is 0. The van der Waals surface area contributed by atoms with Crippen molar-refractivity contribution in [3.63, 3.8) is 0 Å². The molecule has 0 atom stereocenters. The van der Waals surface area contributed by atoms with Crippen molar-refractivity contribution in [3.8, 4) is 0 Å². The zero-order valence-electron chi connectivity index (χ0n) is 16.5. The van der Waals surface area contributed by atoms with Crippen molar-refractivity contribution >= 4 is 23.4 Å². The van der Waals surface area contributed by atoms with E-state index < -0.39 is 0 Å². The highest BCUT2D eigenvalue weighted by molar-refractivity contribution is 5.96. The molecule has 3 amide bonds. The maximum Gasteiger partial charge on any atom is 0.322 e. The van der Waals surface area contributed by atoms with Crippen LogP contribution >= 0.6 is 0 Å². The fraction of sp³-hybridized carbons (Fsp3) is 0.476. The van der Waals surface area contributed by atoms with Gasteiger partial charge in [-0.05, 0) is 50.3 Å². The number of aromatic nitrogens is 1. The van der Waals surface area contributed by atoms with Gasteiger partial charge in [-0.25, -0.2) is 4.79 Å². The van der Waals surface area contributed by atoms with Gasteiger partial charge in [-0.2, -0.15) is 0 Å². The van der Waals surface area contributed by atoms with Crippen molar-refractivity contribution in [1.82, 2.24) is 10.1 Å². The number of rotatable bonds is 6. The van der Waals surface area contributed by atoms with Gasteiger partial charge in [0, 0.05) is 18.3 Å². The number of hydrogen-bond acceptors (Lipinski definition) is 4. The smallest absolute Gasteiger partial charge is 0.322 e. The van der Waals surface area contributed by atoms with Crippen LogP contribution in [0.25, 0.3) is 0 Å². The standard InChI is InChI=1S/C21H28N4O3/c1-15-7-6-10-18(11-15)22-21(27)25(13-17-8-4-3-5-9-17)14-20(26)23-19-12-16(2)28-24-19/h6-7,10-12,17H,3-5,8-9,13-14H2,1-2H3,(H,22,27)(H,23,24,26). The molecule has 0 saturated heterocycles. The number of hydrogen-bond donors (Lipinski definition) is 2.